The second kappa shape index (κ2) is 4.75. The van der Waals surface area contributed by atoms with E-state index >= 15 is 0 Å². The van der Waals surface area contributed by atoms with Crippen LogP contribution in [0.4, 0.5) is 0 Å². The molecular weight excluding hydrogens is 194 g/mol. The number of carbonyl (C=O) groups excluding carboxylic acids is 1. The van der Waals surface area contributed by atoms with Gasteiger partial charge in [-0.05, 0) is 6.07 Å². The lowest BCUT2D eigenvalue weighted by atomic mass is 10.2. The van der Waals surface area contributed by atoms with Crippen molar-refractivity contribution < 1.29 is 4.79 Å². The van der Waals surface area contributed by atoms with Crippen LogP contribution in [-0.4, -0.2) is 35.5 Å². The fourth-order valence-electron chi connectivity index (χ4n) is 1.20. The van der Waals surface area contributed by atoms with E-state index in [1.165, 1.54) is 15.5 Å². The van der Waals surface area contributed by atoms with Crippen LogP contribution < -0.4 is 11.3 Å². The van der Waals surface area contributed by atoms with Crippen molar-refractivity contribution >= 4 is 5.91 Å². The lowest BCUT2D eigenvalue weighted by Gasteiger charge is -2.15. The van der Waals surface area contributed by atoms with Gasteiger partial charge in [0.2, 0.25) is 0 Å². The lowest BCUT2D eigenvalue weighted by Crippen LogP contribution is -2.32. The molecule has 0 aliphatic rings. The van der Waals surface area contributed by atoms with Crippen LogP contribution in [0.5, 0.6) is 0 Å². The van der Waals surface area contributed by atoms with Gasteiger partial charge >= 0.3 is 0 Å². The summed E-state index contributed by atoms with van der Waals surface area (Å²) in [5, 5.41) is 0. The van der Waals surface area contributed by atoms with Crippen molar-refractivity contribution in [2.45, 2.75) is 0 Å². The molecular formula is C10H15N3O2. The second-order valence-corrected chi connectivity index (χ2v) is 3.38. The Morgan fingerprint density at radius 3 is 2.80 bits per heavy atom. The van der Waals surface area contributed by atoms with Crippen LogP contribution in [0, 0.1) is 0 Å². The number of nitrogens with two attached hydrogens (primary N) is 1. The minimum atomic E-state index is -0.193. The third-order valence-electron chi connectivity index (χ3n) is 2.16. The SMILES string of the molecule is CN(CCN)C(=O)c1ccn(C)c(=O)c1. The standard InChI is InChI=1S/C10H15N3O2/c1-12-5-3-8(7-9(12)14)10(15)13(2)6-4-11/h3,5,7H,4,6,11H2,1-2H3. The number of hydrogen-bond donors (Lipinski definition) is 1. The van der Waals surface area contributed by atoms with Gasteiger partial charge in [-0.2, -0.15) is 0 Å². The Balaban J connectivity index is 2.92. The van der Waals surface area contributed by atoms with Crippen molar-refractivity contribution in [1.82, 2.24) is 9.47 Å². The average Bonchev–Trinajstić information content (AvgIpc) is 2.21. The molecule has 0 saturated carbocycles. The number of carbonyl (C=O) groups is 1. The maximum atomic E-state index is 11.7. The molecule has 1 amide bonds. The monoisotopic (exact) mass is 209 g/mol. The molecule has 1 rings (SSSR count). The number of hydrogen-bond acceptors (Lipinski definition) is 3. The van der Waals surface area contributed by atoms with E-state index in [-0.39, 0.29) is 11.5 Å². The van der Waals surface area contributed by atoms with Crippen molar-refractivity contribution in [1.29, 1.82) is 0 Å². The number of aryl methyl sites for hydroxylation is 1. The molecule has 15 heavy (non-hydrogen) atoms. The largest absolute Gasteiger partial charge is 0.340 e. The van der Waals surface area contributed by atoms with Gasteiger partial charge < -0.3 is 15.2 Å². The zero-order chi connectivity index (χ0) is 11.4. The molecule has 82 valence electrons. The van der Waals surface area contributed by atoms with Crippen LogP contribution in [0.1, 0.15) is 10.4 Å². The van der Waals surface area contributed by atoms with Crippen molar-refractivity contribution in [3.8, 4) is 0 Å². The summed E-state index contributed by atoms with van der Waals surface area (Å²) in [6.45, 7) is 0.890. The zero-order valence-electron chi connectivity index (χ0n) is 8.93. The minimum absolute atomic E-state index is 0.182. The molecule has 2 N–H and O–H groups in total. The summed E-state index contributed by atoms with van der Waals surface area (Å²) in [4.78, 5) is 24.5. The maximum absolute atomic E-state index is 11.7. The van der Waals surface area contributed by atoms with E-state index in [0.29, 0.717) is 18.7 Å². The van der Waals surface area contributed by atoms with E-state index in [1.807, 2.05) is 0 Å². The fourth-order valence-corrected chi connectivity index (χ4v) is 1.20. The molecule has 0 unspecified atom stereocenters. The van der Waals surface area contributed by atoms with E-state index in [1.54, 1.807) is 26.4 Å². The molecule has 1 aromatic heterocycles. The first-order chi connectivity index (χ1) is 7.06. The summed E-state index contributed by atoms with van der Waals surface area (Å²) < 4.78 is 1.42. The van der Waals surface area contributed by atoms with Crippen LogP contribution in [0.15, 0.2) is 23.1 Å². The van der Waals surface area contributed by atoms with Gasteiger partial charge in [0, 0.05) is 45.0 Å². The van der Waals surface area contributed by atoms with Crippen LogP contribution >= 0.6 is 0 Å². The molecule has 0 spiro atoms. The number of pyridine rings is 1. The topological polar surface area (TPSA) is 68.3 Å². The van der Waals surface area contributed by atoms with E-state index < -0.39 is 0 Å². The van der Waals surface area contributed by atoms with E-state index in [4.69, 9.17) is 5.73 Å². The van der Waals surface area contributed by atoms with E-state index in [9.17, 15) is 9.59 Å². The predicted octanol–water partition coefficient (Wildman–Crippen LogP) is -0.584. The molecule has 0 aliphatic heterocycles. The van der Waals surface area contributed by atoms with Crippen LogP contribution in [0.25, 0.3) is 0 Å². The predicted molar refractivity (Wildman–Crippen MR) is 57.7 cm³/mol. The Morgan fingerprint density at radius 2 is 2.27 bits per heavy atom. The normalized spacial score (nSPS) is 10.1. The fraction of sp³-hybridized carbons (Fsp3) is 0.400. The number of rotatable bonds is 3. The van der Waals surface area contributed by atoms with Gasteiger partial charge in [-0.3, -0.25) is 9.59 Å². The van der Waals surface area contributed by atoms with Crippen LogP contribution in [-0.2, 0) is 7.05 Å². The first-order valence-electron chi connectivity index (χ1n) is 4.68. The maximum Gasteiger partial charge on any atom is 0.253 e. The number of aromatic nitrogens is 1. The Kier molecular flexibility index (Phi) is 3.62. The number of nitrogens with zero attached hydrogens (tertiary/aromatic N) is 2. The summed E-state index contributed by atoms with van der Waals surface area (Å²) in [7, 11) is 3.30. The molecule has 0 atom stereocenters. The molecule has 0 saturated heterocycles. The van der Waals surface area contributed by atoms with Gasteiger partial charge in [-0.1, -0.05) is 0 Å². The molecule has 5 heteroatoms. The number of likely N-dealkylation sites (N-methyl/N-ethyl adjacent to an activating group) is 1. The third-order valence-corrected chi connectivity index (χ3v) is 2.16. The van der Waals surface area contributed by atoms with E-state index in [0.717, 1.165) is 0 Å². The molecule has 1 heterocycles. The highest BCUT2D eigenvalue weighted by Crippen LogP contribution is 1.99. The summed E-state index contributed by atoms with van der Waals surface area (Å²) in [6, 6.07) is 2.95. The Hall–Kier alpha value is -1.62. The van der Waals surface area contributed by atoms with Crippen molar-refractivity contribution in [3.63, 3.8) is 0 Å². The first kappa shape index (κ1) is 11.5. The third kappa shape index (κ3) is 2.66. The molecule has 0 fully saturated rings. The summed E-state index contributed by atoms with van der Waals surface area (Å²) in [5.74, 6) is -0.182. The van der Waals surface area contributed by atoms with E-state index in [2.05, 4.69) is 0 Å². The smallest absolute Gasteiger partial charge is 0.253 e. The molecule has 0 aromatic carbocycles. The molecule has 0 bridgehead atoms. The van der Waals surface area contributed by atoms with Crippen molar-refractivity contribution in [2.75, 3.05) is 20.1 Å². The van der Waals surface area contributed by atoms with Gasteiger partial charge in [-0.25, -0.2) is 0 Å². The zero-order valence-corrected chi connectivity index (χ0v) is 8.93. The molecule has 5 nitrogen and oxygen atoms in total. The summed E-state index contributed by atoms with van der Waals surface area (Å²) >= 11 is 0. The van der Waals surface area contributed by atoms with Gasteiger partial charge in [0.25, 0.3) is 11.5 Å². The van der Waals surface area contributed by atoms with Crippen LogP contribution in [0.3, 0.4) is 0 Å². The number of amides is 1. The Bertz CT molecular complexity index is 411. The van der Waals surface area contributed by atoms with Crippen LogP contribution in [0.2, 0.25) is 0 Å². The quantitative estimate of drug-likeness (QED) is 0.724. The lowest BCUT2D eigenvalue weighted by molar-refractivity contribution is 0.0798. The summed E-state index contributed by atoms with van der Waals surface area (Å²) in [5.41, 5.74) is 5.54. The highest BCUT2D eigenvalue weighted by Gasteiger charge is 2.11. The molecule has 1 aromatic rings. The Labute approximate surface area is 88.1 Å². The molecule has 0 aliphatic carbocycles. The second-order valence-electron chi connectivity index (χ2n) is 3.38. The highest BCUT2D eigenvalue weighted by molar-refractivity contribution is 5.93. The first-order valence-corrected chi connectivity index (χ1v) is 4.68. The van der Waals surface area contributed by atoms with Gasteiger partial charge in [-0.15, -0.1) is 0 Å². The minimum Gasteiger partial charge on any atom is -0.340 e. The summed E-state index contributed by atoms with van der Waals surface area (Å²) in [6.07, 6.45) is 1.58. The Morgan fingerprint density at radius 1 is 1.60 bits per heavy atom. The highest BCUT2D eigenvalue weighted by atomic mass is 16.2. The van der Waals surface area contributed by atoms with Gasteiger partial charge in [0.15, 0.2) is 0 Å². The molecule has 0 radical (unpaired) electrons. The average molecular weight is 209 g/mol. The van der Waals surface area contributed by atoms with Crippen molar-refractivity contribution in [3.05, 3.63) is 34.2 Å². The van der Waals surface area contributed by atoms with Gasteiger partial charge in [0.05, 0.1) is 0 Å². The van der Waals surface area contributed by atoms with Crippen molar-refractivity contribution in [2.24, 2.45) is 12.8 Å². The van der Waals surface area contributed by atoms with Gasteiger partial charge in [0.1, 0.15) is 0 Å².